The lowest BCUT2D eigenvalue weighted by Crippen LogP contribution is -2.49. The van der Waals surface area contributed by atoms with Gasteiger partial charge in [0, 0.05) is 37.0 Å². The number of H-pyrrole nitrogens is 1. The number of aromatic amines is 1. The molecule has 7 heteroatoms. The van der Waals surface area contributed by atoms with Crippen LogP contribution in [0.1, 0.15) is 36.4 Å². The van der Waals surface area contributed by atoms with E-state index in [9.17, 15) is 9.59 Å². The van der Waals surface area contributed by atoms with Gasteiger partial charge in [0.25, 0.3) is 0 Å². The molecule has 1 aliphatic rings. The van der Waals surface area contributed by atoms with Crippen molar-refractivity contribution >= 4 is 44.3 Å². The average Bonchev–Trinajstić information content (AvgIpc) is 3.50. The number of thiazole rings is 1. The van der Waals surface area contributed by atoms with Crippen molar-refractivity contribution in [2.45, 2.75) is 38.3 Å². The molecule has 1 fully saturated rings. The minimum atomic E-state index is -0.605. The fraction of sp³-hybridized carbons (Fsp3) is 0.292. The molecule has 1 aliphatic heterocycles. The van der Waals surface area contributed by atoms with Gasteiger partial charge in [0.1, 0.15) is 11.0 Å². The van der Waals surface area contributed by atoms with Crippen LogP contribution in [-0.2, 0) is 16.0 Å². The van der Waals surface area contributed by atoms with Crippen LogP contribution in [0, 0.1) is 0 Å². The first-order chi connectivity index (χ1) is 15.1. The first-order valence-electron chi connectivity index (χ1n) is 10.6. The van der Waals surface area contributed by atoms with Crippen LogP contribution in [0.5, 0.6) is 0 Å². The highest BCUT2D eigenvalue weighted by Gasteiger charge is 2.36. The first kappa shape index (κ1) is 19.8. The number of hydrogen-bond acceptors (Lipinski definition) is 4. The molecule has 0 saturated carbocycles. The molecule has 1 saturated heterocycles. The lowest BCUT2D eigenvalue weighted by Gasteiger charge is -2.28. The van der Waals surface area contributed by atoms with E-state index in [1.54, 1.807) is 11.3 Å². The van der Waals surface area contributed by atoms with E-state index in [2.05, 4.69) is 16.4 Å². The van der Waals surface area contributed by atoms with Crippen molar-refractivity contribution in [3.63, 3.8) is 0 Å². The molecular formula is C24H24N4O2S. The molecule has 2 atom stereocenters. The monoisotopic (exact) mass is 432 g/mol. The topological polar surface area (TPSA) is 78.1 Å². The van der Waals surface area contributed by atoms with Crippen molar-refractivity contribution < 1.29 is 9.59 Å². The zero-order valence-electron chi connectivity index (χ0n) is 17.3. The molecule has 2 aromatic carbocycles. The Morgan fingerprint density at radius 3 is 2.87 bits per heavy atom. The van der Waals surface area contributed by atoms with Gasteiger partial charge in [-0.25, -0.2) is 4.98 Å². The van der Waals surface area contributed by atoms with Gasteiger partial charge in [-0.2, -0.15) is 0 Å². The summed E-state index contributed by atoms with van der Waals surface area (Å²) in [6, 6.07) is 15.4. The first-order valence-corrected chi connectivity index (χ1v) is 11.4. The average molecular weight is 433 g/mol. The Hall–Kier alpha value is -3.19. The predicted octanol–water partition coefficient (Wildman–Crippen LogP) is 4.19. The van der Waals surface area contributed by atoms with Crippen LogP contribution < -0.4 is 5.32 Å². The van der Waals surface area contributed by atoms with E-state index < -0.39 is 6.04 Å². The number of carbonyl (C=O) groups is 2. The third kappa shape index (κ3) is 3.81. The number of nitrogens with one attached hydrogen (secondary N) is 2. The van der Waals surface area contributed by atoms with Crippen LogP contribution in [0.15, 0.2) is 54.7 Å². The Bertz CT molecular complexity index is 1230. The van der Waals surface area contributed by atoms with Gasteiger partial charge in [-0.1, -0.05) is 30.3 Å². The summed E-state index contributed by atoms with van der Waals surface area (Å²) in [5, 5.41) is 4.95. The van der Waals surface area contributed by atoms with E-state index in [1.807, 2.05) is 53.6 Å². The molecule has 2 amide bonds. The largest absolute Gasteiger partial charge is 0.361 e. The second-order valence-electron chi connectivity index (χ2n) is 8.03. The Labute approximate surface area is 184 Å². The van der Waals surface area contributed by atoms with Crippen molar-refractivity contribution in [2.24, 2.45) is 0 Å². The number of amides is 2. The zero-order chi connectivity index (χ0) is 21.4. The maximum absolute atomic E-state index is 13.6. The quantitative estimate of drug-likeness (QED) is 0.496. The van der Waals surface area contributed by atoms with E-state index in [4.69, 9.17) is 4.98 Å². The maximum Gasteiger partial charge on any atom is 0.246 e. The molecule has 3 heterocycles. The number of para-hydroxylation sites is 2. The van der Waals surface area contributed by atoms with Gasteiger partial charge in [0.05, 0.1) is 16.3 Å². The fourth-order valence-electron chi connectivity index (χ4n) is 4.49. The molecular weight excluding hydrogens is 408 g/mol. The number of benzene rings is 2. The van der Waals surface area contributed by atoms with Crippen molar-refractivity contribution in [1.29, 1.82) is 0 Å². The van der Waals surface area contributed by atoms with Crippen LogP contribution in [-0.4, -0.2) is 39.3 Å². The molecule has 6 nitrogen and oxygen atoms in total. The normalized spacial score (nSPS) is 17.3. The molecule has 0 radical (unpaired) electrons. The molecule has 0 spiro atoms. The Morgan fingerprint density at radius 1 is 1.23 bits per heavy atom. The second kappa shape index (κ2) is 8.15. The van der Waals surface area contributed by atoms with Crippen LogP contribution in [0.2, 0.25) is 0 Å². The zero-order valence-corrected chi connectivity index (χ0v) is 18.1. The highest BCUT2D eigenvalue weighted by atomic mass is 32.1. The number of aromatic nitrogens is 2. The summed E-state index contributed by atoms with van der Waals surface area (Å²) in [4.78, 5) is 35.5. The summed E-state index contributed by atoms with van der Waals surface area (Å²) in [7, 11) is 0. The fourth-order valence-corrected chi connectivity index (χ4v) is 5.60. The summed E-state index contributed by atoms with van der Waals surface area (Å²) in [5.74, 6) is -0.240. The van der Waals surface area contributed by atoms with Gasteiger partial charge in [0.2, 0.25) is 11.8 Å². The minimum absolute atomic E-state index is 0.0378. The molecule has 2 aromatic heterocycles. The molecule has 5 rings (SSSR count). The Balaban J connectivity index is 1.43. The van der Waals surface area contributed by atoms with E-state index in [1.165, 1.54) is 6.92 Å². The Morgan fingerprint density at radius 2 is 2.03 bits per heavy atom. The van der Waals surface area contributed by atoms with E-state index >= 15 is 0 Å². The number of hydrogen-bond donors (Lipinski definition) is 2. The van der Waals surface area contributed by atoms with E-state index in [0.717, 1.165) is 44.5 Å². The third-order valence-corrected chi connectivity index (χ3v) is 7.04. The van der Waals surface area contributed by atoms with Crippen molar-refractivity contribution in [1.82, 2.24) is 20.2 Å². The van der Waals surface area contributed by atoms with Gasteiger partial charge in [-0.05, 0) is 36.6 Å². The van der Waals surface area contributed by atoms with Crippen LogP contribution in [0.4, 0.5) is 0 Å². The molecule has 31 heavy (non-hydrogen) atoms. The molecule has 4 aromatic rings. The van der Waals surface area contributed by atoms with Crippen molar-refractivity contribution in [3.8, 4) is 0 Å². The van der Waals surface area contributed by atoms with Crippen molar-refractivity contribution in [2.75, 3.05) is 6.54 Å². The number of carbonyl (C=O) groups excluding carboxylic acids is 2. The molecule has 158 valence electrons. The molecule has 0 bridgehead atoms. The molecule has 0 aliphatic carbocycles. The summed E-state index contributed by atoms with van der Waals surface area (Å²) < 4.78 is 1.13. The second-order valence-corrected chi connectivity index (χ2v) is 9.09. The van der Waals surface area contributed by atoms with Gasteiger partial charge in [0.15, 0.2) is 0 Å². The molecule has 2 unspecified atom stereocenters. The lowest BCUT2D eigenvalue weighted by molar-refractivity contribution is -0.136. The van der Waals surface area contributed by atoms with Gasteiger partial charge >= 0.3 is 0 Å². The van der Waals surface area contributed by atoms with Gasteiger partial charge in [-0.15, -0.1) is 11.3 Å². The van der Waals surface area contributed by atoms with Crippen molar-refractivity contribution in [3.05, 3.63) is 65.3 Å². The summed E-state index contributed by atoms with van der Waals surface area (Å²) in [6.45, 7) is 2.15. The smallest absolute Gasteiger partial charge is 0.246 e. The number of rotatable bonds is 5. The van der Waals surface area contributed by atoms with E-state index in [-0.39, 0.29) is 17.9 Å². The summed E-state index contributed by atoms with van der Waals surface area (Å²) in [6.07, 6.45) is 4.21. The SMILES string of the molecule is CC(=O)NC(Cc1c[nH]c2ccccc12)C(=O)N1CCCC1c1nc2ccccc2s1. The number of likely N-dealkylation sites (tertiary alicyclic amines) is 1. The third-order valence-electron chi connectivity index (χ3n) is 5.91. The van der Waals surface area contributed by atoms with E-state index in [0.29, 0.717) is 13.0 Å². The lowest BCUT2D eigenvalue weighted by atomic mass is 10.0. The summed E-state index contributed by atoms with van der Waals surface area (Å²) >= 11 is 1.65. The summed E-state index contributed by atoms with van der Waals surface area (Å²) in [5.41, 5.74) is 3.03. The van der Waals surface area contributed by atoms with Gasteiger partial charge < -0.3 is 15.2 Å². The number of nitrogens with zero attached hydrogens (tertiary/aromatic N) is 2. The van der Waals surface area contributed by atoms with Crippen LogP contribution in [0.3, 0.4) is 0 Å². The highest BCUT2D eigenvalue weighted by molar-refractivity contribution is 7.18. The standard InChI is InChI=1S/C24H24N4O2S/c1-15(29)26-20(13-16-14-25-18-8-3-2-7-17(16)18)24(30)28-12-6-10-21(28)23-27-19-9-4-5-11-22(19)31-23/h2-5,7-9,11,14,20-21,25H,6,10,12-13H2,1H3,(H,26,29). The maximum atomic E-state index is 13.6. The van der Waals surface area contributed by atoms with Crippen LogP contribution in [0.25, 0.3) is 21.1 Å². The molecule has 2 N–H and O–H groups in total. The van der Waals surface area contributed by atoms with Gasteiger partial charge in [-0.3, -0.25) is 9.59 Å². The minimum Gasteiger partial charge on any atom is -0.361 e. The predicted molar refractivity (Wildman–Crippen MR) is 123 cm³/mol. The highest BCUT2D eigenvalue weighted by Crippen LogP contribution is 2.37. The Kier molecular flexibility index (Phi) is 5.19. The number of fused-ring (bicyclic) bond motifs is 2. The van der Waals surface area contributed by atoms with Crippen LogP contribution >= 0.6 is 11.3 Å².